The van der Waals surface area contributed by atoms with Gasteiger partial charge in [0.2, 0.25) is 5.95 Å². The summed E-state index contributed by atoms with van der Waals surface area (Å²) in [4.78, 5) is 22.4. The Hall–Kier alpha value is -2.58. The molecule has 0 saturated carbocycles. The number of nitrogens with zero attached hydrogens (tertiary/aromatic N) is 6. The van der Waals surface area contributed by atoms with Gasteiger partial charge >= 0.3 is 0 Å². The maximum atomic E-state index is 6.30. The van der Waals surface area contributed by atoms with E-state index in [4.69, 9.17) is 24.4 Å². The largest absolute Gasteiger partial charge is 0.342 e. The lowest BCUT2D eigenvalue weighted by Crippen LogP contribution is -2.41. The second-order valence-electron chi connectivity index (χ2n) is 8.63. The van der Waals surface area contributed by atoms with Gasteiger partial charge in [0, 0.05) is 54.7 Å². The third-order valence-electron chi connectivity index (χ3n) is 6.63. The van der Waals surface area contributed by atoms with E-state index in [2.05, 4.69) is 30.3 Å². The van der Waals surface area contributed by atoms with E-state index in [0.717, 1.165) is 60.2 Å². The number of imidazole rings is 1. The Morgan fingerprint density at radius 1 is 1.00 bits per heavy atom. The molecule has 1 fully saturated rings. The summed E-state index contributed by atoms with van der Waals surface area (Å²) in [6.45, 7) is 1.93. The Labute approximate surface area is 196 Å². The molecular weight excluding hydrogens is 439 g/mol. The highest BCUT2D eigenvalue weighted by atomic mass is 35.5. The normalized spacial score (nSPS) is 17.2. The van der Waals surface area contributed by atoms with Crippen molar-refractivity contribution in [1.82, 2.24) is 24.3 Å². The van der Waals surface area contributed by atoms with Crippen molar-refractivity contribution in [3.63, 3.8) is 0 Å². The molecule has 0 N–H and O–H groups in total. The first-order chi connectivity index (χ1) is 15.6. The Kier molecular flexibility index (Phi) is 4.88. The molecule has 9 heteroatoms. The zero-order chi connectivity index (χ0) is 21.7. The van der Waals surface area contributed by atoms with E-state index in [1.807, 2.05) is 30.7 Å². The minimum atomic E-state index is 0.293. The summed E-state index contributed by atoms with van der Waals surface area (Å²) in [5.74, 6) is 0.940. The lowest BCUT2D eigenvalue weighted by atomic mass is 9.76. The van der Waals surface area contributed by atoms with Gasteiger partial charge in [-0.2, -0.15) is 0 Å². The van der Waals surface area contributed by atoms with E-state index < -0.39 is 0 Å². The summed E-state index contributed by atoms with van der Waals surface area (Å²) in [5.41, 5.74) is 4.35. The molecule has 0 aromatic carbocycles. The van der Waals surface area contributed by atoms with Gasteiger partial charge in [0.15, 0.2) is 5.65 Å². The van der Waals surface area contributed by atoms with Gasteiger partial charge in [-0.1, -0.05) is 35.5 Å². The summed E-state index contributed by atoms with van der Waals surface area (Å²) in [7, 11) is 5.91. The molecule has 1 aliphatic heterocycles. The molecular formula is C23H20BClN6S. The predicted octanol–water partition coefficient (Wildman–Crippen LogP) is 3.50. The number of rotatable bonds is 3. The van der Waals surface area contributed by atoms with Crippen LogP contribution in [0.15, 0.2) is 59.0 Å². The molecule has 0 atom stereocenters. The number of pyridine rings is 2. The van der Waals surface area contributed by atoms with E-state index in [0.29, 0.717) is 16.0 Å². The average molecular weight is 459 g/mol. The van der Waals surface area contributed by atoms with Crippen LogP contribution in [0.5, 0.6) is 0 Å². The van der Waals surface area contributed by atoms with E-state index in [1.54, 1.807) is 24.2 Å². The third-order valence-corrected chi connectivity index (χ3v) is 8.13. The minimum Gasteiger partial charge on any atom is -0.342 e. The average Bonchev–Trinajstić information content (AvgIpc) is 3.41. The van der Waals surface area contributed by atoms with Gasteiger partial charge in [-0.15, -0.1) is 0 Å². The highest BCUT2D eigenvalue weighted by molar-refractivity contribution is 7.99. The van der Waals surface area contributed by atoms with Gasteiger partial charge < -0.3 is 4.90 Å². The van der Waals surface area contributed by atoms with Crippen LogP contribution in [0, 0.1) is 5.41 Å². The monoisotopic (exact) mass is 458 g/mol. The number of aromatic nitrogens is 5. The van der Waals surface area contributed by atoms with Crippen LogP contribution >= 0.6 is 23.4 Å². The molecule has 32 heavy (non-hydrogen) atoms. The summed E-state index contributed by atoms with van der Waals surface area (Å²) >= 11 is 7.86. The molecule has 0 amide bonds. The van der Waals surface area contributed by atoms with E-state index in [1.165, 1.54) is 11.3 Å². The lowest BCUT2D eigenvalue weighted by molar-refractivity contribution is 0.230. The smallest absolute Gasteiger partial charge is 0.211 e. The van der Waals surface area contributed by atoms with Crippen molar-refractivity contribution >= 4 is 48.4 Å². The Balaban J connectivity index is 1.23. The maximum absolute atomic E-state index is 6.30. The maximum Gasteiger partial charge on any atom is 0.211 e. The Morgan fingerprint density at radius 2 is 1.88 bits per heavy atom. The van der Waals surface area contributed by atoms with Gasteiger partial charge in [0.1, 0.15) is 7.85 Å². The van der Waals surface area contributed by atoms with Crippen LogP contribution in [0.4, 0.5) is 5.95 Å². The molecule has 4 aromatic rings. The van der Waals surface area contributed by atoms with Crippen LogP contribution in [-0.2, 0) is 12.8 Å². The predicted molar refractivity (Wildman–Crippen MR) is 127 cm³/mol. The van der Waals surface area contributed by atoms with Crippen molar-refractivity contribution in [2.24, 2.45) is 5.41 Å². The van der Waals surface area contributed by atoms with Crippen LogP contribution in [-0.4, -0.2) is 45.3 Å². The molecule has 0 bridgehead atoms. The quantitative estimate of drug-likeness (QED) is 0.438. The van der Waals surface area contributed by atoms with Crippen LogP contribution in [0.3, 0.4) is 0 Å². The van der Waals surface area contributed by atoms with Gasteiger partial charge in [-0.05, 0) is 48.3 Å². The number of hydrogen-bond donors (Lipinski definition) is 0. The molecule has 6 nitrogen and oxygen atoms in total. The molecule has 2 aliphatic rings. The molecule has 1 saturated heterocycles. The van der Waals surface area contributed by atoms with Crippen molar-refractivity contribution in [1.29, 1.82) is 0 Å². The van der Waals surface area contributed by atoms with Gasteiger partial charge in [0.25, 0.3) is 0 Å². The highest BCUT2D eigenvalue weighted by Gasteiger charge is 2.41. The summed E-state index contributed by atoms with van der Waals surface area (Å²) in [6, 6.07) is 5.98. The second-order valence-corrected chi connectivity index (χ2v) is 10.1. The van der Waals surface area contributed by atoms with E-state index in [-0.39, 0.29) is 0 Å². The molecule has 1 spiro atoms. The molecule has 5 heterocycles. The summed E-state index contributed by atoms with van der Waals surface area (Å²) in [5, 5.41) is 0.626. The van der Waals surface area contributed by atoms with Gasteiger partial charge in [-0.25, -0.2) is 9.97 Å². The van der Waals surface area contributed by atoms with Gasteiger partial charge in [0.05, 0.1) is 9.92 Å². The first kappa shape index (κ1) is 20.1. The fraction of sp³-hybridized carbons (Fsp3) is 0.304. The minimum absolute atomic E-state index is 0.293. The van der Waals surface area contributed by atoms with Crippen molar-refractivity contribution in [3.05, 3.63) is 65.5 Å². The van der Waals surface area contributed by atoms with E-state index in [9.17, 15) is 0 Å². The molecule has 1 aliphatic carbocycles. The van der Waals surface area contributed by atoms with Crippen LogP contribution in [0.1, 0.15) is 24.1 Å². The lowest BCUT2D eigenvalue weighted by Gasteiger charge is -2.39. The molecule has 0 unspecified atom stereocenters. The zero-order valence-corrected chi connectivity index (χ0v) is 19.0. The fourth-order valence-electron chi connectivity index (χ4n) is 4.97. The number of anilines is 1. The SMILES string of the molecule is [B]c1ccc2c(n1)CC1(CCN(c3ncc(Sc4ccncc4Cl)c4nccn34)CC1)C2. The first-order valence-corrected chi connectivity index (χ1v) is 11.9. The number of piperidine rings is 1. The van der Waals surface area contributed by atoms with Crippen LogP contribution in [0.2, 0.25) is 5.02 Å². The molecule has 158 valence electrons. The van der Waals surface area contributed by atoms with Crippen molar-refractivity contribution in [2.45, 2.75) is 35.5 Å². The molecule has 6 rings (SSSR count). The topological polar surface area (TPSA) is 59.2 Å². The van der Waals surface area contributed by atoms with Crippen LogP contribution in [0.25, 0.3) is 5.65 Å². The highest BCUT2D eigenvalue weighted by Crippen LogP contribution is 2.44. The number of halogens is 1. The fourth-order valence-corrected chi connectivity index (χ4v) is 6.07. The van der Waals surface area contributed by atoms with Crippen molar-refractivity contribution in [2.75, 3.05) is 18.0 Å². The van der Waals surface area contributed by atoms with Crippen LogP contribution < -0.4 is 10.5 Å². The molecule has 2 radical (unpaired) electrons. The third kappa shape index (κ3) is 3.46. The van der Waals surface area contributed by atoms with Gasteiger partial charge in [-0.3, -0.25) is 14.4 Å². The molecule has 4 aromatic heterocycles. The zero-order valence-electron chi connectivity index (χ0n) is 17.4. The first-order valence-electron chi connectivity index (χ1n) is 10.7. The summed E-state index contributed by atoms with van der Waals surface area (Å²) < 4.78 is 2.08. The summed E-state index contributed by atoms with van der Waals surface area (Å²) in [6.07, 6.45) is 13.5. The number of fused-ring (bicyclic) bond motifs is 2. The van der Waals surface area contributed by atoms with Crippen molar-refractivity contribution in [3.8, 4) is 0 Å². The Morgan fingerprint density at radius 3 is 2.72 bits per heavy atom. The van der Waals surface area contributed by atoms with Crippen molar-refractivity contribution < 1.29 is 0 Å². The second kappa shape index (κ2) is 7.78. The number of hydrogen-bond acceptors (Lipinski definition) is 6. The standard InChI is InChI=1S/C23H20BClN6S/c24-20-2-1-15-11-23(12-17(15)29-20)4-8-30(9-5-23)22-28-14-19(21-27-7-10-31(21)22)32-18-3-6-26-13-16(18)25/h1-3,6-7,10,13-14H,4-5,8-9,11-12H2. The van der Waals surface area contributed by atoms with E-state index >= 15 is 0 Å². The Bertz CT molecular complexity index is 1320.